The van der Waals surface area contributed by atoms with Gasteiger partial charge in [-0.3, -0.25) is 9.97 Å². The summed E-state index contributed by atoms with van der Waals surface area (Å²) in [7, 11) is 0. The van der Waals surface area contributed by atoms with Crippen LogP contribution in [0.5, 0.6) is 0 Å². The molecule has 1 aromatic carbocycles. The lowest BCUT2D eigenvalue weighted by molar-refractivity contribution is 0.515. The van der Waals surface area contributed by atoms with Crippen LogP contribution in [0.15, 0.2) is 41.1 Å². The van der Waals surface area contributed by atoms with Gasteiger partial charge in [0.05, 0.1) is 23.6 Å². The summed E-state index contributed by atoms with van der Waals surface area (Å²) in [6.45, 7) is 5.10. The molecule has 0 saturated carbocycles. The zero-order chi connectivity index (χ0) is 14.4. The van der Waals surface area contributed by atoms with Gasteiger partial charge in [-0.15, -0.1) is 0 Å². The van der Waals surface area contributed by atoms with Gasteiger partial charge >= 0.3 is 0 Å². The van der Waals surface area contributed by atoms with Crippen LogP contribution in [0.2, 0.25) is 0 Å². The molecular weight excluding hydrogens is 314 g/mol. The predicted molar refractivity (Wildman–Crippen MR) is 85.6 cm³/mol. The maximum atomic E-state index is 4.52. The number of nitrogens with one attached hydrogen (secondary N) is 1. The number of aromatic nitrogens is 2. The molecule has 0 aliphatic heterocycles. The van der Waals surface area contributed by atoms with E-state index in [2.05, 4.69) is 56.3 Å². The molecule has 0 saturated heterocycles. The van der Waals surface area contributed by atoms with Crippen molar-refractivity contribution in [3.05, 3.63) is 58.1 Å². The van der Waals surface area contributed by atoms with Gasteiger partial charge in [-0.1, -0.05) is 41.1 Å². The van der Waals surface area contributed by atoms with E-state index in [1.165, 1.54) is 5.56 Å². The highest BCUT2D eigenvalue weighted by Gasteiger charge is 2.14. The van der Waals surface area contributed by atoms with Gasteiger partial charge in [0, 0.05) is 10.7 Å². The van der Waals surface area contributed by atoms with Crippen LogP contribution < -0.4 is 5.32 Å². The number of hydrogen-bond acceptors (Lipinski definition) is 3. The minimum Gasteiger partial charge on any atom is -0.308 e. The normalized spacial score (nSPS) is 12.3. The average molecular weight is 334 g/mol. The third kappa shape index (κ3) is 4.12. The van der Waals surface area contributed by atoms with E-state index >= 15 is 0 Å². The van der Waals surface area contributed by atoms with Crippen molar-refractivity contribution >= 4 is 15.9 Å². The predicted octanol–water partition coefficient (Wildman–Crippen LogP) is 3.83. The van der Waals surface area contributed by atoms with E-state index in [0.29, 0.717) is 0 Å². The zero-order valence-corrected chi connectivity index (χ0v) is 13.5. The fraction of sp³-hybridized carbons (Fsp3) is 0.375. The van der Waals surface area contributed by atoms with E-state index in [1.54, 1.807) is 0 Å². The first-order chi connectivity index (χ1) is 9.70. The van der Waals surface area contributed by atoms with E-state index in [9.17, 15) is 0 Å². The first-order valence-electron chi connectivity index (χ1n) is 6.96. The Hall–Kier alpha value is -1.26. The Balaban J connectivity index is 2.19. The van der Waals surface area contributed by atoms with Crippen molar-refractivity contribution in [1.29, 1.82) is 0 Å². The van der Waals surface area contributed by atoms with Crippen LogP contribution in [0.1, 0.15) is 36.3 Å². The number of rotatable bonds is 6. The number of hydrogen-bond donors (Lipinski definition) is 1. The van der Waals surface area contributed by atoms with Crippen LogP contribution in [0.25, 0.3) is 0 Å². The maximum Gasteiger partial charge on any atom is 0.0759 e. The molecule has 4 heteroatoms. The van der Waals surface area contributed by atoms with Gasteiger partial charge < -0.3 is 5.32 Å². The van der Waals surface area contributed by atoms with Gasteiger partial charge in [0.25, 0.3) is 0 Å². The number of aryl methyl sites for hydroxylation is 1. The second kappa shape index (κ2) is 7.50. The SMILES string of the molecule is CCCNC(Cc1ccccc1Br)c1cnc(C)cn1. The Kier molecular flexibility index (Phi) is 5.68. The second-order valence-corrected chi connectivity index (χ2v) is 5.74. The quantitative estimate of drug-likeness (QED) is 0.872. The van der Waals surface area contributed by atoms with Gasteiger partial charge in [0.1, 0.15) is 0 Å². The molecule has 0 aliphatic carbocycles. The van der Waals surface area contributed by atoms with Crippen molar-refractivity contribution in [2.75, 3.05) is 6.54 Å². The van der Waals surface area contributed by atoms with Crippen LogP contribution in [-0.2, 0) is 6.42 Å². The van der Waals surface area contributed by atoms with Gasteiger partial charge in [-0.25, -0.2) is 0 Å². The second-order valence-electron chi connectivity index (χ2n) is 4.88. The van der Waals surface area contributed by atoms with Crippen molar-refractivity contribution in [3.63, 3.8) is 0 Å². The lowest BCUT2D eigenvalue weighted by Crippen LogP contribution is -2.25. The standard InChI is InChI=1S/C16H20BrN3/c1-3-8-18-15(16-11-19-12(2)10-20-16)9-13-6-4-5-7-14(13)17/h4-7,10-11,15,18H,3,8-9H2,1-2H3. The highest BCUT2D eigenvalue weighted by Crippen LogP contribution is 2.22. The molecule has 106 valence electrons. The van der Waals surface area contributed by atoms with Crippen LogP contribution in [0.4, 0.5) is 0 Å². The highest BCUT2D eigenvalue weighted by molar-refractivity contribution is 9.10. The van der Waals surface area contributed by atoms with Crippen LogP contribution in [0.3, 0.4) is 0 Å². The molecule has 1 N–H and O–H groups in total. The molecule has 0 aliphatic rings. The third-order valence-electron chi connectivity index (χ3n) is 3.18. The molecule has 20 heavy (non-hydrogen) atoms. The molecule has 1 heterocycles. The minimum atomic E-state index is 0.196. The first kappa shape index (κ1) is 15.1. The highest BCUT2D eigenvalue weighted by atomic mass is 79.9. The lowest BCUT2D eigenvalue weighted by atomic mass is 10.0. The van der Waals surface area contributed by atoms with Crippen molar-refractivity contribution in [1.82, 2.24) is 15.3 Å². The van der Waals surface area contributed by atoms with Crippen LogP contribution >= 0.6 is 15.9 Å². The van der Waals surface area contributed by atoms with E-state index in [1.807, 2.05) is 25.4 Å². The van der Waals surface area contributed by atoms with Crippen LogP contribution in [-0.4, -0.2) is 16.5 Å². The summed E-state index contributed by atoms with van der Waals surface area (Å²) in [5.74, 6) is 0. The van der Waals surface area contributed by atoms with Gasteiger partial charge in [-0.2, -0.15) is 0 Å². The average Bonchev–Trinajstić information content (AvgIpc) is 2.46. The summed E-state index contributed by atoms with van der Waals surface area (Å²) in [6, 6.07) is 8.52. The molecular formula is C16H20BrN3. The molecule has 1 atom stereocenters. The summed E-state index contributed by atoms with van der Waals surface area (Å²) in [5, 5.41) is 3.56. The van der Waals surface area contributed by atoms with E-state index in [0.717, 1.165) is 35.2 Å². The fourth-order valence-corrected chi connectivity index (χ4v) is 2.51. The largest absolute Gasteiger partial charge is 0.308 e. The maximum absolute atomic E-state index is 4.52. The monoisotopic (exact) mass is 333 g/mol. The molecule has 1 unspecified atom stereocenters. The summed E-state index contributed by atoms with van der Waals surface area (Å²) >= 11 is 3.61. The Morgan fingerprint density at radius 2 is 2.00 bits per heavy atom. The summed E-state index contributed by atoms with van der Waals surface area (Å²) < 4.78 is 1.14. The van der Waals surface area contributed by atoms with Crippen molar-refractivity contribution in [2.24, 2.45) is 0 Å². The number of benzene rings is 1. The number of nitrogens with zero attached hydrogens (tertiary/aromatic N) is 2. The molecule has 0 fully saturated rings. The smallest absolute Gasteiger partial charge is 0.0759 e. The third-order valence-corrected chi connectivity index (χ3v) is 3.95. The lowest BCUT2D eigenvalue weighted by Gasteiger charge is -2.18. The minimum absolute atomic E-state index is 0.196. The van der Waals surface area contributed by atoms with Crippen LogP contribution in [0, 0.1) is 6.92 Å². The molecule has 2 aromatic rings. The molecule has 0 amide bonds. The summed E-state index contributed by atoms with van der Waals surface area (Å²) in [4.78, 5) is 8.87. The summed E-state index contributed by atoms with van der Waals surface area (Å²) in [5.41, 5.74) is 3.23. The summed E-state index contributed by atoms with van der Waals surface area (Å²) in [6.07, 6.45) is 5.71. The molecule has 1 aromatic heterocycles. The fourth-order valence-electron chi connectivity index (χ4n) is 2.07. The van der Waals surface area contributed by atoms with Gasteiger partial charge in [0.15, 0.2) is 0 Å². The topological polar surface area (TPSA) is 37.8 Å². The molecule has 3 nitrogen and oxygen atoms in total. The van der Waals surface area contributed by atoms with Crippen molar-refractivity contribution < 1.29 is 0 Å². The van der Waals surface area contributed by atoms with E-state index in [4.69, 9.17) is 0 Å². The Morgan fingerprint density at radius 1 is 1.20 bits per heavy atom. The Labute approximate surface area is 129 Å². The van der Waals surface area contributed by atoms with Crippen molar-refractivity contribution in [3.8, 4) is 0 Å². The first-order valence-corrected chi connectivity index (χ1v) is 7.75. The number of halogens is 1. The van der Waals surface area contributed by atoms with E-state index in [-0.39, 0.29) is 6.04 Å². The molecule has 0 bridgehead atoms. The Morgan fingerprint density at radius 3 is 2.65 bits per heavy atom. The van der Waals surface area contributed by atoms with Crippen molar-refractivity contribution in [2.45, 2.75) is 32.7 Å². The molecule has 2 rings (SSSR count). The van der Waals surface area contributed by atoms with E-state index < -0.39 is 0 Å². The van der Waals surface area contributed by atoms with Gasteiger partial charge in [-0.05, 0) is 37.9 Å². The van der Waals surface area contributed by atoms with Gasteiger partial charge in [0.2, 0.25) is 0 Å². The zero-order valence-electron chi connectivity index (χ0n) is 11.9. The molecule has 0 spiro atoms. The Bertz CT molecular complexity index is 540. The molecule has 0 radical (unpaired) electrons.